The van der Waals surface area contributed by atoms with E-state index in [0.717, 1.165) is 29.4 Å². The summed E-state index contributed by atoms with van der Waals surface area (Å²) >= 11 is 7.94. The van der Waals surface area contributed by atoms with E-state index < -0.39 is 5.79 Å². The Labute approximate surface area is 206 Å². The lowest BCUT2D eigenvalue weighted by atomic mass is 9.87. The van der Waals surface area contributed by atoms with Gasteiger partial charge in [-0.1, -0.05) is 68.8 Å². The fourth-order valence-electron chi connectivity index (χ4n) is 4.05. The van der Waals surface area contributed by atoms with Crippen molar-refractivity contribution >= 4 is 23.4 Å². The second kappa shape index (κ2) is 10.6. The second-order valence-corrected chi connectivity index (χ2v) is 11.3. The molecule has 0 saturated carbocycles. The van der Waals surface area contributed by atoms with Crippen molar-refractivity contribution in [3.8, 4) is 0 Å². The molecule has 0 N–H and O–H groups in total. The summed E-state index contributed by atoms with van der Waals surface area (Å²) in [6.45, 7) is 7.99. The van der Waals surface area contributed by atoms with Gasteiger partial charge in [0.1, 0.15) is 0 Å². The van der Waals surface area contributed by atoms with Crippen LogP contribution in [0.5, 0.6) is 0 Å². The number of nitrogens with zero attached hydrogens (tertiary/aromatic N) is 2. The average molecular weight is 485 g/mol. The molecule has 3 aromatic rings. The van der Waals surface area contributed by atoms with Gasteiger partial charge in [0.2, 0.25) is 0 Å². The maximum atomic E-state index is 6.55. The number of rotatable bonds is 9. The Morgan fingerprint density at radius 1 is 1.09 bits per heavy atom. The van der Waals surface area contributed by atoms with Gasteiger partial charge in [-0.05, 0) is 40.7 Å². The molecular weight excluding hydrogens is 452 g/mol. The van der Waals surface area contributed by atoms with E-state index in [1.54, 1.807) is 6.20 Å². The molecule has 1 aliphatic rings. The van der Waals surface area contributed by atoms with Gasteiger partial charge >= 0.3 is 0 Å². The van der Waals surface area contributed by atoms with Crippen LogP contribution in [0.3, 0.4) is 0 Å². The summed E-state index contributed by atoms with van der Waals surface area (Å²) in [7, 11) is 0. The fraction of sp³-hybridized carbons (Fsp3) is 0.444. The molecule has 1 fully saturated rings. The number of hydrogen-bond donors (Lipinski definition) is 0. The minimum atomic E-state index is -0.639. The largest absolute Gasteiger partial charge is 0.345 e. The van der Waals surface area contributed by atoms with Crippen molar-refractivity contribution in [1.82, 2.24) is 9.55 Å². The van der Waals surface area contributed by atoms with E-state index >= 15 is 0 Å². The molecule has 0 bridgehead atoms. The highest BCUT2D eigenvalue weighted by Gasteiger charge is 2.41. The summed E-state index contributed by atoms with van der Waals surface area (Å²) in [5, 5.41) is 0.755. The van der Waals surface area contributed by atoms with Crippen molar-refractivity contribution in [2.24, 2.45) is 0 Å². The zero-order valence-corrected chi connectivity index (χ0v) is 21.2. The van der Waals surface area contributed by atoms with Crippen LogP contribution >= 0.6 is 23.4 Å². The molecule has 176 valence electrons. The van der Waals surface area contributed by atoms with Gasteiger partial charge in [0, 0.05) is 35.3 Å². The number of aromatic nitrogens is 2. The zero-order chi connectivity index (χ0) is 23.3. The molecule has 0 spiro atoms. The van der Waals surface area contributed by atoms with E-state index in [4.69, 9.17) is 21.1 Å². The van der Waals surface area contributed by atoms with E-state index in [1.165, 1.54) is 16.7 Å². The van der Waals surface area contributed by atoms with Gasteiger partial charge < -0.3 is 14.0 Å². The van der Waals surface area contributed by atoms with Gasteiger partial charge in [0.05, 0.1) is 25.6 Å². The third kappa shape index (κ3) is 6.86. The first kappa shape index (κ1) is 24.3. The van der Waals surface area contributed by atoms with Gasteiger partial charge in [0.15, 0.2) is 5.79 Å². The molecule has 0 radical (unpaired) electrons. The number of ether oxygens (including phenoxy) is 2. The summed E-state index contributed by atoms with van der Waals surface area (Å²) in [5.41, 5.74) is 4.13. The number of halogens is 1. The van der Waals surface area contributed by atoms with Crippen molar-refractivity contribution < 1.29 is 9.47 Å². The summed E-state index contributed by atoms with van der Waals surface area (Å²) < 4.78 is 14.9. The molecule has 1 aliphatic heterocycles. The lowest BCUT2D eigenvalue weighted by molar-refractivity contribution is -0.180. The van der Waals surface area contributed by atoms with E-state index in [9.17, 15) is 0 Å². The van der Waals surface area contributed by atoms with E-state index in [2.05, 4.69) is 62.2 Å². The van der Waals surface area contributed by atoms with Gasteiger partial charge in [-0.2, -0.15) is 11.8 Å². The van der Waals surface area contributed by atoms with Crippen LogP contribution in [-0.4, -0.2) is 33.8 Å². The number of hydrogen-bond acceptors (Lipinski definition) is 4. The molecule has 4 rings (SSSR count). The summed E-state index contributed by atoms with van der Waals surface area (Å²) in [6, 6.07) is 17.0. The van der Waals surface area contributed by atoms with Crippen LogP contribution < -0.4 is 0 Å². The third-order valence-corrected chi connectivity index (χ3v) is 7.39. The molecule has 2 atom stereocenters. The summed E-state index contributed by atoms with van der Waals surface area (Å²) in [5.74, 6) is 1.25. The molecule has 1 saturated heterocycles. The smallest absolute Gasteiger partial charge is 0.187 e. The van der Waals surface area contributed by atoms with Gasteiger partial charge in [-0.25, -0.2) is 4.98 Å². The zero-order valence-electron chi connectivity index (χ0n) is 19.7. The molecular formula is C27H33ClN2O2S. The van der Waals surface area contributed by atoms with Crippen LogP contribution in [0.1, 0.15) is 43.9 Å². The van der Waals surface area contributed by atoms with Crippen LogP contribution in [0.2, 0.25) is 5.02 Å². The molecule has 0 aliphatic carbocycles. The topological polar surface area (TPSA) is 36.3 Å². The molecule has 1 aromatic heterocycles. The fourth-order valence-corrected chi connectivity index (χ4v) is 5.14. The van der Waals surface area contributed by atoms with E-state index in [1.807, 2.05) is 41.0 Å². The number of aryl methyl sites for hydroxylation is 1. The Kier molecular flexibility index (Phi) is 7.85. The molecule has 6 heteroatoms. The van der Waals surface area contributed by atoms with Crippen LogP contribution in [0.25, 0.3) is 0 Å². The Balaban J connectivity index is 1.33. The highest BCUT2D eigenvalue weighted by molar-refractivity contribution is 7.98. The van der Waals surface area contributed by atoms with Crippen molar-refractivity contribution in [2.45, 2.75) is 63.2 Å². The highest BCUT2D eigenvalue weighted by atomic mass is 35.5. The standard InChI is InChI=1S/C27H33ClN2O2S/c1-26(2,3)23-8-4-22(5-9-23)17-33-18-25-16-31-27(32-25,19-30-15-14-29-20-30)13-12-21-6-10-24(28)11-7-21/h4-11,14-15,20,25H,12-13,16-19H2,1-3H3. The van der Waals surface area contributed by atoms with Crippen LogP contribution in [0, 0.1) is 0 Å². The monoisotopic (exact) mass is 484 g/mol. The maximum Gasteiger partial charge on any atom is 0.187 e. The van der Waals surface area contributed by atoms with Crippen LogP contribution in [0.15, 0.2) is 67.3 Å². The Morgan fingerprint density at radius 2 is 1.82 bits per heavy atom. The van der Waals surface area contributed by atoms with Gasteiger partial charge in [-0.15, -0.1) is 0 Å². The van der Waals surface area contributed by atoms with E-state index in [-0.39, 0.29) is 11.5 Å². The first-order chi connectivity index (χ1) is 15.8. The third-order valence-electron chi connectivity index (χ3n) is 6.00. The SMILES string of the molecule is CC(C)(C)c1ccc(CSCC2COC(CCc3ccc(Cl)cc3)(Cn3ccnc3)O2)cc1. The minimum absolute atomic E-state index is 0.0811. The first-order valence-electron chi connectivity index (χ1n) is 11.5. The van der Waals surface area contributed by atoms with Crippen LogP contribution in [-0.2, 0) is 33.6 Å². The average Bonchev–Trinajstić information content (AvgIpc) is 3.44. The number of thioether (sulfide) groups is 1. The van der Waals surface area contributed by atoms with Gasteiger partial charge in [0.25, 0.3) is 0 Å². The van der Waals surface area contributed by atoms with Crippen molar-refractivity contribution in [1.29, 1.82) is 0 Å². The van der Waals surface area contributed by atoms with Crippen molar-refractivity contribution in [2.75, 3.05) is 12.4 Å². The lowest BCUT2D eigenvalue weighted by Gasteiger charge is -2.28. The summed E-state index contributed by atoms with van der Waals surface area (Å²) in [4.78, 5) is 4.18. The predicted molar refractivity (Wildman–Crippen MR) is 137 cm³/mol. The van der Waals surface area contributed by atoms with E-state index in [0.29, 0.717) is 13.2 Å². The molecule has 0 amide bonds. The molecule has 2 unspecified atom stereocenters. The molecule has 2 aromatic carbocycles. The van der Waals surface area contributed by atoms with Gasteiger partial charge in [-0.3, -0.25) is 0 Å². The molecule has 4 nitrogen and oxygen atoms in total. The quantitative estimate of drug-likeness (QED) is 0.346. The predicted octanol–water partition coefficient (Wildman–Crippen LogP) is 6.51. The van der Waals surface area contributed by atoms with Crippen molar-refractivity contribution in [3.63, 3.8) is 0 Å². The first-order valence-corrected chi connectivity index (χ1v) is 13.0. The normalized spacial score (nSPS) is 20.9. The number of imidazole rings is 1. The Morgan fingerprint density at radius 3 is 2.48 bits per heavy atom. The van der Waals surface area contributed by atoms with Crippen LogP contribution in [0.4, 0.5) is 0 Å². The number of benzene rings is 2. The Bertz CT molecular complexity index is 1000. The maximum absolute atomic E-state index is 6.55. The highest BCUT2D eigenvalue weighted by Crippen LogP contribution is 2.33. The summed E-state index contributed by atoms with van der Waals surface area (Å²) in [6.07, 6.45) is 7.30. The minimum Gasteiger partial charge on any atom is -0.345 e. The lowest BCUT2D eigenvalue weighted by Crippen LogP contribution is -2.37. The van der Waals surface area contributed by atoms with Crippen molar-refractivity contribution in [3.05, 3.63) is 89.0 Å². The second-order valence-electron chi connectivity index (χ2n) is 9.79. The Hall–Kier alpha value is -1.79. The molecule has 33 heavy (non-hydrogen) atoms. The molecule has 2 heterocycles.